The molecule has 2 N–H and O–H groups in total. The van der Waals surface area contributed by atoms with Gasteiger partial charge >= 0.3 is 0 Å². The van der Waals surface area contributed by atoms with Gasteiger partial charge < -0.3 is 19.7 Å². The number of carbonyl (C=O) groups is 1. The number of fused-ring (bicyclic) bond motifs is 2. The number of ether oxygens (including phenoxy) is 1. The molecule has 1 amide bonds. The molecule has 2 heterocycles. The van der Waals surface area contributed by atoms with Gasteiger partial charge in [0.15, 0.2) is 0 Å². The molecule has 1 aromatic carbocycles. The highest BCUT2D eigenvalue weighted by Gasteiger charge is 2.37. The van der Waals surface area contributed by atoms with Gasteiger partial charge in [0.1, 0.15) is 5.75 Å². The molecule has 0 unspecified atom stereocenters. The van der Waals surface area contributed by atoms with E-state index >= 15 is 0 Å². The molecule has 1 atom stereocenters. The summed E-state index contributed by atoms with van der Waals surface area (Å²) >= 11 is 0. The summed E-state index contributed by atoms with van der Waals surface area (Å²) in [7, 11) is 0. The molecule has 1 fully saturated rings. The first kappa shape index (κ1) is 16.8. The van der Waals surface area contributed by atoms with Crippen LogP contribution in [0, 0.1) is 5.92 Å². The van der Waals surface area contributed by atoms with Gasteiger partial charge in [0.2, 0.25) is 5.76 Å². The molecule has 27 heavy (non-hydrogen) atoms. The first-order valence-corrected chi connectivity index (χ1v) is 9.91. The fraction of sp³-hybridized carbons (Fsp3) is 0.524. The summed E-state index contributed by atoms with van der Waals surface area (Å²) in [5.41, 5.74) is 4.15. The molecular formula is C21H24N2O4. The Kier molecular flexibility index (Phi) is 4.16. The first-order valence-electron chi connectivity index (χ1n) is 9.91. The molecule has 1 aromatic heterocycles. The second-order valence-electron chi connectivity index (χ2n) is 7.95. The molecule has 1 aliphatic heterocycles. The zero-order valence-electron chi connectivity index (χ0n) is 15.2. The van der Waals surface area contributed by atoms with Crippen LogP contribution in [-0.4, -0.2) is 28.9 Å². The third-order valence-electron chi connectivity index (χ3n) is 6.15. The Morgan fingerprint density at radius 1 is 1.22 bits per heavy atom. The van der Waals surface area contributed by atoms with Crippen LogP contribution in [0.4, 0.5) is 0 Å². The van der Waals surface area contributed by atoms with Crippen LogP contribution in [0.1, 0.15) is 64.7 Å². The van der Waals surface area contributed by atoms with Crippen LogP contribution in [-0.2, 0) is 19.3 Å². The smallest absolute Gasteiger partial charge is 0.290 e. The first-order chi connectivity index (χ1) is 13.2. The summed E-state index contributed by atoms with van der Waals surface area (Å²) in [5.74, 6) is 1.32. The largest absolute Gasteiger partial charge is 0.493 e. The number of nitrogens with zero attached hydrogens (tertiary/aromatic N) is 1. The minimum absolute atomic E-state index is 0.142. The maximum absolute atomic E-state index is 13.0. The standard InChI is InChI=1S/C21H24N2O4/c24-15-10-14(11-15)19(13-5-6-18-12(9-13)7-8-26-18)22-21(25)20-16-3-1-2-4-17(16)23-27-20/h5-6,9,14-15,19,24H,1-4,7-8,10-11H2,(H,22,25)/t14?,15?,19-/m0/s1. The average molecular weight is 368 g/mol. The number of aromatic nitrogens is 1. The predicted molar refractivity (Wildman–Crippen MR) is 97.7 cm³/mol. The summed E-state index contributed by atoms with van der Waals surface area (Å²) in [6.07, 6.45) is 5.93. The van der Waals surface area contributed by atoms with E-state index < -0.39 is 0 Å². The van der Waals surface area contributed by atoms with Crippen molar-refractivity contribution in [1.29, 1.82) is 0 Å². The molecule has 2 aromatic rings. The lowest BCUT2D eigenvalue weighted by molar-refractivity contribution is 0.0231. The lowest BCUT2D eigenvalue weighted by Gasteiger charge is -2.38. The summed E-state index contributed by atoms with van der Waals surface area (Å²) in [4.78, 5) is 13.0. The van der Waals surface area contributed by atoms with Gasteiger partial charge in [0.05, 0.1) is 24.4 Å². The van der Waals surface area contributed by atoms with E-state index in [0.29, 0.717) is 25.2 Å². The average Bonchev–Trinajstić information content (AvgIpc) is 3.29. The number of aliphatic hydroxyl groups is 1. The van der Waals surface area contributed by atoms with Crippen LogP contribution >= 0.6 is 0 Å². The Labute approximate surface area is 157 Å². The highest BCUT2D eigenvalue weighted by molar-refractivity contribution is 5.93. The van der Waals surface area contributed by atoms with E-state index in [1.165, 1.54) is 5.56 Å². The van der Waals surface area contributed by atoms with Gasteiger partial charge in [-0.15, -0.1) is 0 Å². The molecule has 5 rings (SSSR count). The van der Waals surface area contributed by atoms with Crippen LogP contribution in [0.2, 0.25) is 0 Å². The van der Waals surface area contributed by atoms with Gasteiger partial charge in [0, 0.05) is 12.0 Å². The van der Waals surface area contributed by atoms with Crippen molar-refractivity contribution in [3.63, 3.8) is 0 Å². The summed E-state index contributed by atoms with van der Waals surface area (Å²) < 4.78 is 11.0. The van der Waals surface area contributed by atoms with Crippen LogP contribution in [0.5, 0.6) is 5.75 Å². The van der Waals surface area contributed by atoms with Crippen molar-refractivity contribution in [3.8, 4) is 5.75 Å². The normalized spacial score (nSPS) is 24.3. The van der Waals surface area contributed by atoms with E-state index in [4.69, 9.17) is 9.26 Å². The number of aryl methyl sites for hydroxylation is 1. The van der Waals surface area contributed by atoms with Crippen molar-refractivity contribution in [2.75, 3.05) is 6.61 Å². The fourth-order valence-electron chi connectivity index (χ4n) is 4.55. The van der Waals surface area contributed by atoms with Crippen molar-refractivity contribution in [1.82, 2.24) is 10.5 Å². The van der Waals surface area contributed by atoms with Crippen molar-refractivity contribution in [3.05, 3.63) is 46.3 Å². The summed E-state index contributed by atoms with van der Waals surface area (Å²) in [6.45, 7) is 0.710. The number of nitrogens with one attached hydrogen (secondary N) is 1. The van der Waals surface area contributed by atoms with Crippen molar-refractivity contribution < 1.29 is 19.2 Å². The van der Waals surface area contributed by atoms with E-state index in [1.807, 2.05) is 12.1 Å². The maximum atomic E-state index is 13.0. The van der Waals surface area contributed by atoms with Gasteiger partial charge in [-0.2, -0.15) is 0 Å². The second kappa shape index (κ2) is 6.68. The van der Waals surface area contributed by atoms with Crippen molar-refractivity contribution in [2.24, 2.45) is 5.92 Å². The molecule has 142 valence electrons. The topological polar surface area (TPSA) is 84.6 Å². The van der Waals surface area contributed by atoms with Crippen LogP contribution < -0.4 is 10.1 Å². The molecule has 2 aliphatic carbocycles. The second-order valence-corrected chi connectivity index (χ2v) is 7.95. The molecule has 0 bridgehead atoms. The SMILES string of the molecule is O=C(N[C@@H](c1ccc2c(c1)CCO2)C1CC(O)C1)c1onc2c1CCCC2. The Bertz CT molecular complexity index is 869. The van der Waals surface area contributed by atoms with Gasteiger partial charge in [-0.05, 0) is 67.7 Å². The maximum Gasteiger partial charge on any atom is 0.290 e. The van der Waals surface area contributed by atoms with Gasteiger partial charge in [-0.25, -0.2) is 0 Å². The number of rotatable bonds is 4. The Morgan fingerprint density at radius 2 is 2.07 bits per heavy atom. The lowest BCUT2D eigenvalue weighted by Crippen LogP contribution is -2.41. The number of benzene rings is 1. The van der Waals surface area contributed by atoms with Crippen molar-refractivity contribution in [2.45, 2.75) is 57.1 Å². The Morgan fingerprint density at radius 3 is 2.93 bits per heavy atom. The molecule has 0 saturated heterocycles. The highest BCUT2D eigenvalue weighted by Crippen LogP contribution is 2.40. The molecule has 6 nitrogen and oxygen atoms in total. The zero-order valence-corrected chi connectivity index (χ0v) is 15.2. The number of amides is 1. The van der Waals surface area contributed by atoms with E-state index in [-0.39, 0.29) is 24.0 Å². The predicted octanol–water partition coefficient (Wildman–Crippen LogP) is 2.73. The van der Waals surface area contributed by atoms with Crippen molar-refractivity contribution >= 4 is 5.91 Å². The zero-order chi connectivity index (χ0) is 18.4. The Balaban J connectivity index is 1.41. The van der Waals surface area contributed by atoms with Crippen LogP contribution in [0.25, 0.3) is 0 Å². The van der Waals surface area contributed by atoms with Gasteiger partial charge in [0.25, 0.3) is 5.91 Å². The van der Waals surface area contributed by atoms with E-state index in [1.54, 1.807) is 0 Å². The summed E-state index contributed by atoms with van der Waals surface area (Å²) in [5, 5.41) is 17.1. The summed E-state index contributed by atoms with van der Waals surface area (Å²) in [6, 6.07) is 6.00. The van der Waals surface area contributed by atoms with Crippen LogP contribution in [0.15, 0.2) is 22.7 Å². The minimum atomic E-state index is -0.273. The quantitative estimate of drug-likeness (QED) is 0.867. The lowest BCUT2D eigenvalue weighted by atomic mass is 9.74. The molecular weight excluding hydrogens is 344 g/mol. The third-order valence-corrected chi connectivity index (χ3v) is 6.15. The third kappa shape index (κ3) is 3.02. The van der Waals surface area contributed by atoms with Crippen LogP contribution in [0.3, 0.4) is 0 Å². The van der Waals surface area contributed by atoms with E-state index in [0.717, 1.165) is 54.7 Å². The molecule has 6 heteroatoms. The molecule has 3 aliphatic rings. The van der Waals surface area contributed by atoms with E-state index in [9.17, 15) is 9.90 Å². The Hall–Kier alpha value is -2.34. The fourth-order valence-corrected chi connectivity index (χ4v) is 4.55. The minimum Gasteiger partial charge on any atom is -0.493 e. The van der Waals surface area contributed by atoms with Gasteiger partial charge in [-0.1, -0.05) is 11.2 Å². The van der Waals surface area contributed by atoms with E-state index in [2.05, 4.69) is 16.5 Å². The molecule has 0 spiro atoms. The monoisotopic (exact) mass is 368 g/mol. The number of hydrogen-bond donors (Lipinski definition) is 2. The highest BCUT2D eigenvalue weighted by atomic mass is 16.5. The molecule has 1 saturated carbocycles. The van der Waals surface area contributed by atoms with Gasteiger partial charge in [-0.3, -0.25) is 4.79 Å². The number of carbonyl (C=O) groups excluding carboxylic acids is 1. The number of hydrogen-bond acceptors (Lipinski definition) is 5. The number of aliphatic hydroxyl groups excluding tert-OH is 1. The molecule has 0 radical (unpaired) electrons.